The third kappa shape index (κ3) is 4.23. The van der Waals surface area contributed by atoms with Gasteiger partial charge in [0.05, 0.1) is 5.41 Å². The Kier molecular flexibility index (Phi) is 5.85. The topological polar surface area (TPSA) is 61.4 Å². The molecule has 2 aliphatic rings. The minimum atomic E-state index is -0.428. The van der Waals surface area contributed by atoms with Crippen molar-refractivity contribution in [3.05, 3.63) is 83.7 Å². The fourth-order valence-electron chi connectivity index (χ4n) is 5.37. The van der Waals surface area contributed by atoms with Gasteiger partial charge in [0.2, 0.25) is 5.91 Å². The van der Waals surface area contributed by atoms with E-state index in [0.29, 0.717) is 18.7 Å². The van der Waals surface area contributed by atoms with E-state index in [-0.39, 0.29) is 23.5 Å². The summed E-state index contributed by atoms with van der Waals surface area (Å²) in [5.74, 6) is -0.146. The second-order valence-electron chi connectivity index (χ2n) is 9.13. The summed E-state index contributed by atoms with van der Waals surface area (Å²) in [6.07, 6.45) is 1.53. The van der Waals surface area contributed by atoms with Crippen molar-refractivity contribution in [1.29, 1.82) is 0 Å². The van der Waals surface area contributed by atoms with Crippen molar-refractivity contribution in [1.82, 2.24) is 15.5 Å². The Morgan fingerprint density at radius 2 is 1.76 bits per heavy atom. The molecule has 0 radical (unpaired) electrons. The van der Waals surface area contributed by atoms with Gasteiger partial charge in [0.1, 0.15) is 5.82 Å². The number of hydrogen-bond acceptors (Lipinski definition) is 3. The molecule has 2 N–H and O–H groups in total. The lowest BCUT2D eigenvalue weighted by Crippen LogP contribution is -2.47. The van der Waals surface area contributed by atoms with Crippen molar-refractivity contribution in [2.75, 3.05) is 32.7 Å². The standard InChI is InChI=1S/C27H28FN3O2/c28-23-9-7-20(8-10-23)24-18-30-26(33)27(24)11-14-31(15-12-27)16-13-29-25(32)22-6-5-19-3-1-2-4-21(19)17-22/h1-10,17,24H,11-16,18H2,(H,29,32)(H,30,33). The molecule has 2 fully saturated rings. The summed E-state index contributed by atoms with van der Waals surface area (Å²) in [6, 6.07) is 20.3. The summed E-state index contributed by atoms with van der Waals surface area (Å²) in [5.41, 5.74) is 1.25. The second-order valence-corrected chi connectivity index (χ2v) is 9.13. The van der Waals surface area contributed by atoms with Gasteiger partial charge in [0, 0.05) is 31.1 Å². The molecule has 2 heterocycles. The number of piperidine rings is 1. The molecule has 2 amide bonds. The second kappa shape index (κ2) is 8.94. The third-order valence-electron chi connectivity index (χ3n) is 7.33. The highest BCUT2D eigenvalue weighted by Gasteiger charge is 2.51. The van der Waals surface area contributed by atoms with E-state index in [1.54, 1.807) is 12.1 Å². The Hall–Kier alpha value is -3.25. The number of fused-ring (bicyclic) bond motifs is 1. The highest BCUT2D eigenvalue weighted by molar-refractivity contribution is 5.98. The SMILES string of the molecule is O=C(NCCN1CCC2(CC1)C(=O)NCC2c1ccc(F)cc1)c1ccc2ccccc2c1. The van der Waals surface area contributed by atoms with E-state index in [1.807, 2.05) is 42.5 Å². The number of nitrogens with one attached hydrogen (secondary N) is 2. The summed E-state index contributed by atoms with van der Waals surface area (Å²) in [5, 5.41) is 8.23. The molecule has 0 aromatic heterocycles. The lowest BCUT2D eigenvalue weighted by molar-refractivity contribution is -0.130. The average Bonchev–Trinajstić information content (AvgIpc) is 3.16. The Morgan fingerprint density at radius 1 is 1.03 bits per heavy atom. The minimum Gasteiger partial charge on any atom is -0.355 e. The Morgan fingerprint density at radius 3 is 2.52 bits per heavy atom. The molecule has 5 nitrogen and oxygen atoms in total. The quantitative estimate of drug-likeness (QED) is 0.630. The summed E-state index contributed by atoms with van der Waals surface area (Å²) >= 11 is 0. The maximum atomic E-state index is 13.4. The van der Waals surface area contributed by atoms with Gasteiger partial charge < -0.3 is 15.5 Å². The first-order chi connectivity index (χ1) is 16.0. The lowest BCUT2D eigenvalue weighted by Gasteiger charge is -2.41. The molecule has 0 aliphatic carbocycles. The maximum absolute atomic E-state index is 13.4. The van der Waals surface area contributed by atoms with Crippen LogP contribution in [0.3, 0.4) is 0 Å². The molecule has 33 heavy (non-hydrogen) atoms. The number of rotatable bonds is 5. The van der Waals surface area contributed by atoms with Crippen molar-refractivity contribution in [3.8, 4) is 0 Å². The highest BCUT2D eigenvalue weighted by atomic mass is 19.1. The monoisotopic (exact) mass is 445 g/mol. The zero-order valence-corrected chi connectivity index (χ0v) is 18.5. The molecule has 5 rings (SSSR count). The highest BCUT2D eigenvalue weighted by Crippen LogP contribution is 2.47. The third-order valence-corrected chi connectivity index (χ3v) is 7.33. The van der Waals surface area contributed by atoms with E-state index >= 15 is 0 Å². The number of carbonyl (C=O) groups excluding carboxylic acids is 2. The normalized spacial score (nSPS) is 20.2. The number of carbonyl (C=O) groups is 2. The number of amides is 2. The van der Waals surface area contributed by atoms with Gasteiger partial charge in [-0.1, -0.05) is 42.5 Å². The van der Waals surface area contributed by atoms with Crippen LogP contribution >= 0.6 is 0 Å². The fourth-order valence-corrected chi connectivity index (χ4v) is 5.37. The van der Waals surface area contributed by atoms with Gasteiger partial charge in [0.15, 0.2) is 0 Å². The molecule has 6 heteroatoms. The smallest absolute Gasteiger partial charge is 0.251 e. The molecule has 1 atom stereocenters. The minimum absolute atomic E-state index is 0.0687. The molecule has 2 saturated heterocycles. The first-order valence-corrected chi connectivity index (χ1v) is 11.6. The summed E-state index contributed by atoms with van der Waals surface area (Å²) in [6.45, 7) is 3.52. The summed E-state index contributed by atoms with van der Waals surface area (Å²) in [7, 11) is 0. The van der Waals surface area contributed by atoms with E-state index in [0.717, 1.165) is 48.8 Å². The van der Waals surface area contributed by atoms with Crippen LogP contribution in [0.2, 0.25) is 0 Å². The van der Waals surface area contributed by atoms with Gasteiger partial charge in [0.25, 0.3) is 5.91 Å². The molecule has 2 aliphatic heterocycles. The number of likely N-dealkylation sites (tertiary alicyclic amines) is 1. The predicted molar refractivity (Wildman–Crippen MR) is 127 cm³/mol. The van der Waals surface area contributed by atoms with Crippen molar-refractivity contribution < 1.29 is 14.0 Å². The summed E-state index contributed by atoms with van der Waals surface area (Å²) < 4.78 is 13.4. The van der Waals surface area contributed by atoms with Crippen LogP contribution < -0.4 is 10.6 Å². The zero-order valence-electron chi connectivity index (χ0n) is 18.5. The van der Waals surface area contributed by atoms with Crippen molar-refractivity contribution in [3.63, 3.8) is 0 Å². The molecule has 0 bridgehead atoms. The molecule has 3 aromatic carbocycles. The number of benzene rings is 3. The van der Waals surface area contributed by atoms with Crippen LogP contribution in [0.25, 0.3) is 10.8 Å². The van der Waals surface area contributed by atoms with Crippen LogP contribution in [-0.4, -0.2) is 49.4 Å². The van der Waals surface area contributed by atoms with E-state index < -0.39 is 5.41 Å². The Bertz CT molecular complexity index is 1170. The number of nitrogens with zero attached hydrogens (tertiary/aromatic N) is 1. The molecule has 3 aromatic rings. The van der Waals surface area contributed by atoms with Gasteiger partial charge in [-0.15, -0.1) is 0 Å². The van der Waals surface area contributed by atoms with Crippen molar-refractivity contribution in [2.24, 2.45) is 5.41 Å². The fraction of sp³-hybridized carbons (Fsp3) is 0.333. The van der Waals surface area contributed by atoms with Crippen LogP contribution in [0.4, 0.5) is 4.39 Å². The van der Waals surface area contributed by atoms with Crippen LogP contribution in [-0.2, 0) is 4.79 Å². The molecule has 1 unspecified atom stereocenters. The van der Waals surface area contributed by atoms with Crippen molar-refractivity contribution in [2.45, 2.75) is 18.8 Å². The van der Waals surface area contributed by atoms with Gasteiger partial charge in [-0.3, -0.25) is 9.59 Å². The van der Waals surface area contributed by atoms with Crippen LogP contribution in [0.1, 0.15) is 34.7 Å². The first-order valence-electron chi connectivity index (χ1n) is 11.6. The predicted octanol–water partition coefficient (Wildman–Crippen LogP) is 3.70. The van der Waals surface area contributed by atoms with Crippen LogP contribution in [0.5, 0.6) is 0 Å². The van der Waals surface area contributed by atoms with Gasteiger partial charge in [-0.25, -0.2) is 4.39 Å². The Balaban J connectivity index is 1.16. The first kappa shape index (κ1) is 21.6. The summed E-state index contributed by atoms with van der Waals surface area (Å²) in [4.78, 5) is 27.7. The van der Waals surface area contributed by atoms with E-state index in [9.17, 15) is 14.0 Å². The van der Waals surface area contributed by atoms with E-state index in [4.69, 9.17) is 0 Å². The molecular weight excluding hydrogens is 417 g/mol. The molecular formula is C27H28FN3O2. The van der Waals surface area contributed by atoms with Crippen LogP contribution in [0, 0.1) is 11.2 Å². The van der Waals surface area contributed by atoms with Crippen molar-refractivity contribution >= 4 is 22.6 Å². The van der Waals surface area contributed by atoms with Gasteiger partial charge in [-0.05, 0) is 66.5 Å². The zero-order chi connectivity index (χ0) is 22.8. The van der Waals surface area contributed by atoms with E-state index in [1.165, 1.54) is 12.1 Å². The Labute approximate surface area is 193 Å². The number of halogens is 1. The van der Waals surface area contributed by atoms with Gasteiger partial charge >= 0.3 is 0 Å². The average molecular weight is 446 g/mol. The molecule has 1 spiro atoms. The molecule has 170 valence electrons. The van der Waals surface area contributed by atoms with E-state index in [2.05, 4.69) is 15.5 Å². The number of hydrogen-bond donors (Lipinski definition) is 2. The molecule has 0 saturated carbocycles. The largest absolute Gasteiger partial charge is 0.355 e. The van der Waals surface area contributed by atoms with Crippen LogP contribution in [0.15, 0.2) is 66.7 Å². The van der Waals surface area contributed by atoms with Gasteiger partial charge in [-0.2, -0.15) is 0 Å². The lowest BCUT2D eigenvalue weighted by atomic mass is 9.68. The maximum Gasteiger partial charge on any atom is 0.251 e.